The van der Waals surface area contributed by atoms with Crippen molar-refractivity contribution in [3.63, 3.8) is 0 Å². The third-order valence-corrected chi connectivity index (χ3v) is 6.03. The summed E-state index contributed by atoms with van der Waals surface area (Å²) in [7, 11) is 0. The molecule has 3 heterocycles. The highest BCUT2D eigenvalue weighted by Gasteiger charge is 2.40. The van der Waals surface area contributed by atoms with E-state index in [2.05, 4.69) is 4.90 Å². The predicted molar refractivity (Wildman–Crippen MR) is 101 cm³/mol. The van der Waals surface area contributed by atoms with E-state index >= 15 is 0 Å². The van der Waals surface area contributed by atoms with Crippen LogP contribution < -0.4 is 0 Å². The van der Waals surface area contributed by atoms with Gasteiger partial charge in [0.2, 0.25) is 0 Å². The Labute approximate surface area is 161 Å². The highest BCUT2D eigenvalue weighted by molar-refractivity contribution is 5.67. The lowest BCUT2D eigenvalue weighted by Gasteiger charge is -2.40. The second kappa shape index (κ2) is 8.59. The van der Waals surface area contributed by atoms with Crippen LogP contribution in [0.3, 0.4) is 0 Å². The molecule has 148 valence electrons. The van der Waals surface area contributed by atoms with Crippen molar-refractivity contribution < 1.29 is 19.0 Å². The van der Waals surface area contributed by atoms with Crippen molar-refractivity contribution in [2.75, 3.05) is 45.9 Å². The fraction of sp³-hybridized carbons (Fsp3) is 0.667. The van der Waals surface area contributed by atoms with Crippen molar-refractivity contribution in [3.05, 3.63) is 35.9 Å². The maximum atomic E-state index is 12.3. The van der Waals surface area contributed by atoms with Crippen LogP contribution in [0.1, 0.15) is 31.2 Å². The third kappa shape index (κ3) is 4.81. The molecule has 3 saturated heterocycles. The smallest absolute Gasteiger partial charge is 0.410 e. The molecule has 1 aromatic carbocycles. The van der Waals surface area contributed by atoms with Crippen LogP contribution in [0.4, 0.5) is 4.79 Å². The van der Waals surface area contributed by atoms with E-state index in [0.29, 0.717) is 12.5 Å². The number of hydrogen-bond donors (Lipinski definition) is 0. The molecule has 4 rings (SSSR count). The first kappa shape index (κ1) is 18.7. The Morgan fingerprint density at radius 2 is 1.70 bits per heavy atom. The van der Waals surface area contributed by atoms with E-state index in [-0.39, 0.29) is 11.9 Å². The summed E-state index contributed by atoms with van der Waals surface area (Å²) in [4.78, 5) is 16.7. The van der Waals surface area contributed by atoms with Crippen LogP contribution >= 0.6 is 0 Å². The van der Waals surface area contributed by atoms with Gasteiger partial charge in [-0.3, -0.25) is 0 Å². The molecule has 3 aliphatic rings. The van der Waals surface area contributed by atoms with Gasteiger partial charge in [-0.15, -0.1) is 0 Å². The largest absolute Gasteiger partial charge is 0.445 e. The standard InChI is InChI=1S/C21H30N2O4/c24-20(25-17-19-4-2-1-3-5-19)23-10-6-18(7-11-23)16-22-12-8-21(9-13-22)26-14-15-27-21/h1-5,18H,6-17H2. The van der Waals surface area contributed by atoms with Gasteiger partial charge in [-0.05, 0) is 24.3 Å². The fourth-order valence-corrected chi connectivity index (χ4v) is 4.34. The number of piperidine rings is 2. The van der Waals surface area contributed by atoms with Crippen molar-refractivity contribution in [3.8, 4) is 0 Å². The average molecular weight is 374 g/mol. The van der Waals surface area contributed by atoms with Crippen LogP contribution in [-0.2, 0) is 20.8 Å². The summed E-state index contributed by atoms with van der Waals surface area (Å²) in [5, 5.41) is 0. The fourth-order valence-electron chi connectivity index (χ4n) is 4.34. The van der Waals surface area contributed by atoms with Crippen molar-refractivity contribution in [2.24, 2.45) is 5.92 Å². The predicted octanol–water partition coefficient (Wildman–Crippen LogP) is 2.87. The van der Waals surface area contributed by atoms with Gasteiger partial charge in [-0.1, -0.05) is 30.3 Å². The molecule has 3 fully saturated rings. The second-order valence-electron chi connectivity index (χ2n) is 7.88. The van der Waals surface area contributed by atoms with E-state index in [0.717, 1.165) is 77.2 Å². The van der Waals surface area contributed by atoms with Crippen molar-refractivity contribution in [1.82, 2.24) is 9.80 Å². The number of carbonyl (C=O) groups excluding carboxylic acids is 1. The summed E-state index contributed by atoms with van der Waals surface area (Å²) >= 11 is 0. The third-order valence-electron chi connectivity index (χ3n) is 6.03. The number of rotatable bonds is 4. The van der Waals surface area contributed by atoms with Crippen molar-refractivity contribution in [1.29, 1.82) is 0 Å². The molecule has 6 nitrogen and oxygen atoms in total. The lowest BCUT2D eigenvalue weighted by Crippen LogP contribution is -2.48. The normalized spacial score (nSPS) is 23.6. The number of ether oxygens (including phenoxy) is 3. The molecule has 1 aromatic rings. The van der Waals surface area contributed by atoms with Gasteiger partial charge in [0.25, 0.3) is 0 Å². The highest BCUT2D eigenvalue weighted by Crippen LogP contribution is 2.32. The van der Waals surface area contributed by atoms with E-state index in [1.54, 1.807) is 0 Å². The quantitative estimate of drug-likeness (QED) is 0.811. The molecule has 0 N–H and O–H groups in total. The Bertz CT molecular complexity index is 600. The average Bonchev–Trinajstić information content (AvgIpc) is 3.17. The van der Waals surface area contributed by atoms with Crippen LogP contribution in [0.25, 0.3) is 0 Å². The van der Waals surface area contributed by atoms with Gasteiger partial charge < -0.3 is 24.0 Å². The van der Waals surface area contributed by atoms with Crippen LogP contribution in [0.2, 0.25) is 0 Å². The molecule has 0 bridgehead atoms. The topological polar surface area (TPSA) is 51.2 Å². The minimum absolute atomic E-state index is 0.187. The molecular weight excluding hydrogens is 344 g/mol. The molecular formula is C21H30N2O4. The number of likely N-dealkylation sites (tertiary alicyclic amines) is 2. The molecule has 0 unspecified atom stereocenters. The van der Waals surface area contributed by atoms with Crippen LogP contribution in [0.15, 0.2) is 30.3 Å². The van der Waals surface area contributed by atoms with E-state index in [4.69, 9.17) is 14.2 Å². The monoisotopic (exact) mass is 374 g/mol. The molecule has 0 aliphatic carbocycles. The Morgan fingerprint density at radius 1 is 1.04 bits per heavy atom. The summed E-state index contributed by atoms with van der Waals surface area (Å²) < 4.78 is 17.1. The van der Waals surface area contributed by atoms with Gasteiger partial charge in [0.15, 0.2) is 5.79 Å². The molecule has 0 radical (unpaired) electrons. The SMILES string of the molecule is O=C(OCc1ccccc1)N1CCC(CN2CCC3(CC2)OCCO3)CC1. The molecule has 27 heavy (non-hydrogen) atoms. The zero-order chi connectivity index (χ0) is 18.5. The van der Waals surface area contributed by atoms with Gasteiger partial charge in [0.05, 0.1) is 13.2 Å². The lowest BCUT2D eigenvalue weighted by molar-refractivity contribution is -0.186. The molecule has 0 atom stereocenters. The maximum Gasteiger partial charge on any atom is 0.410 e. The number of hydrogen-bond acceptors (Lipinski definition) is 5. The van der Waals surface area contributed by atoms with Crippen molar-refractivity contribution in [2.45, 2.75) is 38.1 Å². The summed E-state index contributed by atoms with van der Waals surface area (Å²) in [5.74, 6) is 0.366. The minimum atomic E-state index is -0.289. The molecule has 1 spiro atoms. The van der Waals surface area contributed by atoms with Gasteiger partial charge in [0.1, 0.15) is 6.61 Å². The van der Waals surface area contributed by atoms with Crippen LogP contribution in [-0.4, -0.2) is 67.6 Å². The Hall–Kier alpha value is -1.63. The van der Waals surface area contributed by atoms with E-state index in [9.17, 15) is 4.79 Å². The van der Waals surface area contributed by atoms with Crippen molar-refractivity contribution >= 4 is 6.09 Å². The molecule has 3 aliphatic heterocycles. The summed E-state index contributed by atoms with van der Waals surface area (Å²) in [6.45, 7) is 6.60. The first-order chi connectivity index (χ1) is 13.2. The van der Waals surface area contributed by atoms with Gasteiger partial charge >= 0.3 is 6.09 Å². The van der Waals surface area contributed by atoms with E-state index in [1.807, 2.05) is 35.2 Å². The Kier molecular flexibility index (Phi) is 5.95. The highest BCUT2D eigenvalue weighted by atomic mass is 16.7. The minimum Gasteiger partial charge on any atom is -0.445 e. The summed E-state index contributed by atoms with van der Waals surface area (Å²) in [6.07, 6.45) is 3.85. The van der Waals surface area contributed by atoms with E-state index in [1.165, 1.54) is 0 Å². The maximum absolute atomic E-state index is 12.3. The van der Waals surface area contributed by atoms with Gasteiger partial charge in [0, 0.05) is 45.6 Å². The second-order valence-corrected chi connectivity index (χ2v) is 7.88. The Morgan fingerprint density at radius 3 is 2.37 bits per heavy atom. The first-order valence-electron chi connectivity index (χ1n) is 10.2. The molecule has 0 aromatic heterocycles. The summed E-state index contributed by atoms with van der Waals surface area (Å²) in [6, 6.07) is 9.84. The molecule has 1 amide bonds. The number of nitrogens with zero attached hydrogens (tertiary/aromatic N) is 2. The lowest BCUT2D eigenvalue weighted by atomic mass is 9.94. The number of amides is 1. The van der Waals surface area contributed by atoms with Gasteiger partial charge in [-0.25, -0.2) is 4.79 Å². The van der Waals surface area contributed by atoms with E-state index < -0.39 is 0 Å². The zero-order valence-electron chi connectivity index (χ0n) is 16.0. The molecule has 6 heteroatoms. The number of benzene rings is 1. The van der Waals surface area contributed by atoms with Crippen LogP contribution in [0.5, 0.6) is 0 Å². The number of carbonyl (C=O) groups is 1. The summed E-state index contributed by atoms with van der Waals surface area (Å²) in [5.41, 5.74) is 1.03. The molecule has 0 saturated carbocycles. The Balaban J connectivity index is 1.15. The van der Waals surface area contributed by atoms with Crippen LogP contribution in [0, 0.1) is 5.92 Å². The van der Waals surface area contributed by atoms with Gasteiger partial charge in [-0.2, -0.15) is 0 Å². The first-order valence-corrected chi connectivity index (χ1v) is 10.2. The zero-order valence-corrected chi connectivity index (χ0v) is 16.0.